The molecule has 0 amide bonds. The molecule has 2 fully saturated rings. The van der Waals surface area contributed by atoms with E-state index in [1.54, 1.807) is 6.92 Å². The minimum Gasteiger partial charge on any atom is -0.387 e. The maximum atomic E-state index is 9.73. The summed E-state index contributed by atoms with van der Waals surface area (Å²) in [4.78, 5) is 11.6. The number of aliphatic hydroxyl groups excluding tert-OH is 1. The predicted molar refractivity (Wildman–Crippen MR) is 94.0 cm³/mol. The van der Waals surface area contributed by atoms with Crippen LogP contribution in [0.3, 0.4) is 0 Å². The normalized spacial score (nSPS) is 20.3. The van der Waals surface area contributed by atoms with Gasteiger partial charge in [0, 0.05) is 37.9 Å². The first kappa shape index (κ1) is 15.6. The van der Waals surface area contributed by atoms with E-state index >= 15 is 0 Å². The predicted octanol–water partition coefficient (Wildman–Crippen LogP) is 3.13. The molecule has 1 saturated carbocycles. The topological polar surface area (TPSA) is 54.2 Å². The lowest BCUT2D eigenvalue weighted by Gasteiger charge is -2.33. The number of aliphatic hydroxyl groups is 1. The number of pyridine rings is 1. The van der Waals surface area contributed by atoms with E-state index < -0.39 is 6.10 Å². The highest BCUT2D eigenvalue weighted by atomic mass is 16.3. The summed E-state index contributed by atoms with van der Waals surface area (Å²) in [6, 6.07) is 5.91. The number of rotatable bonds is 5. The lowest BCUT2D eigenvalue weighted by Crippen LogP contribution is -2.34. The number of anilines is 1. The Morgan fingerprint density at radius 1 is 1.21 bits per heavy atom. The summed E-state index contributed by atoms with van der Waals surface area (Å²) in [5.41, 5.74) is 0.745. The molecule has 2 aliphatic rings. The van der Waals surface area contributed by atoms with Crippen LogP contribution < -0.4 is 4.90 Å². The average molecular weight is 326 g/mol. The third-order valence-corrected chi connectivity index (χ3v) is 5.27. The standard InChI is InChI=1S/C19H26N4O/c1-14(24)17-3-2-4-18(21-17)22-10-7-16(8-11-22)19-20-9-12-23(19)13-15-5-6-15/h2-4,9,12,14-16,24H,5-8,10-11,13H2,1H3/t14-/m0/s1. The Labute approximate surface area is 143 Å². The first-order valence-corrected chi connectivity index (χ1v) is 9.11. The first-order chi connectivity index (χ1) is 11.7. The highest BCUT2D eigenvalue weighted by molar-refractivity contribution is 5.40. The van der Waals surface area contributed by atoms with Gasteiger partial charge < -0.3 is 14.6 Å². The van der Waals surface area contributed by atoms with Crippen LogP contribution in [0.1, 0.15) is 56.1 Å². The maximum absolute atomic E-state index is 9.73. The summed E-state index contributed by atoms with van der Waals surface area (Å²) >= 11 is 0. The SMILES string of the molecule is C[C@H](O)c1cccc(N2CCC(c3nccn3CC3CC3)CC2)n1. The summed E-state index contributed by atoms with van der Waals surface area (Å²) in [6.45, 7) is 4.90. The van der Waals surface area contributed by atoms with Crippen molar-refractivity contribution < 1.29 is 5.11 Å². The van der Waals surface area contributed by atoms with Gasteiger partial charge >= 0.3 is 0 Å². The summed E-state index contributed by atoms with van der Waals surface area (Å²) in [6.07, 6.45) is 8.57. The molecular weight excluding hydrogens is 300 g/mol. The Hall–Kier alpha value is -1.88. The van der Waals surface area contributed by atoms with Crippen LogP contribution in [-0.2, 0) is 6.54 Å². The van der Waals surface area contributed by atoms with E-state index in [1.807, 2.05) is 24.4 Å². The van der Waals surface area contributed by atoms with E-state index in [9.17, 15) is 5.11 Å². The number of hydrogen-bond donors (Lipinski definition) is 1. The van der Waals surface area contributed by atoms with Gasteiger partial charge in [-0.1, -0.05) is 6.07 Å². The van der Waals surface area contributed by atoms with E-state index in [4.69, 9.17) is 0 Å². The molecule has 0 aromatic carbocycles. The minimum absolute atomic E-state index is 0.516. The Bertz CT molecular complexity index is 684. The van der Waals surface area contributed by atoms with E-state index in [-0.39, 0.29) is 0 Å². The second-order valence-electron chi connectivity index (χ2n) is 7.24. The quantitative estimate of drug-likeness (QED) is 0.917. The van der Waals surface area contributed by atoms with Gasteiger partial charge in [0.2, 0.25) is 0 Å². The van der Waals surface area contributed by atoms with Crippen LogP contribution in [0.25, 0.3) is 0 Å². The second kappa shape index (κ2) is 6.55. The largest absolute Gasteiger partial charge is 0.387 e. The zero-order chi connectivity index (χ0) is 16.5. The fourth-order valence-corrected chi connectivity index (χ4v) is 3.63. The van der Waals surface area contributed by atoms with Crippen molar-refractivity contribution in [1.82, 2.24) is 14.5 Å². The Morgan fingerprint density at radius 2 is 2.00 bits per heavy atom. The van der Waals surface area contributed by atoms with Crippen molar-refractivity contribution in [3.8, 4) is 0 Å². The average Bonchev–Trinajstić information content (AvgIpc) is 3.30. The van der Waals surface area contributed by atoms with Crippen LogP contribution in [0, 0.1) is 5.92 Å². The third-order valence-electron chi connectivity index (χ3n) is 5.27. The smallest absolute Gasteiger partial charge is 0.128 e. The molecule has 0 unspecified atom stereocenters. The van der Waals surface area contributed by atoms with Gasteiger partial charge in [0.25, 0.3) is 0 Å². The molecule has 4 rings (SSSR count). The summed E-state index contributed by atoms with van der Waals surface area (Å²) in [5.74, 6) is 3.68. The van der Waals surface area contributed by atoms with Crippen molar-refractivity contribution in [3.05, 3.63) is 42.1 Å². The molecule has 128 valence electrons. The molecule has 0 bridgehead atoms. The van der Waals surface area contributed by atoms with E-state index in [0.29, 0.717) is 5.92 Å². The highest BCUT2D eigenvalue weighted by Crippen LogP contribution is 2.34. The van der Waals surface area contributed by atoms with Crippen LogP contribution in [0.4, 0.5) is 5.82 Å². The molecule has 1 aliphatic carbocycles. The maximum Gasteiger partial charge on any atom is 0.128 e. The number of hydrogen-bond acceptors (Lipinski definition) is 4. The van der Waals surface area contributed by atoms with E-state index in [0.717, 1.165) is 49.9 Å². The molecule has 5 heteroatoms. The van der Waals surface area contributed by atoms with E-state index in [2.05, 4.69) is 25.6 Å². The Kier molecular flexibility index (Phi) is 4.27. The fourth-order valence-electron chi connectivity index (χ4n) is 3.63. The van der Waals surface area contributed by atoms with Crippen molar-refractivity contribution in [2.75, 3.05) is 18.0 Å². The van der Waals surface area contributed by atoms with Gasteiger partial charge in [0.15, 0.2) is 0 Å². The highest BCUT2D eigenvalue weighted by Gasteiger charge is 2.27. The third kappa shape index (κ3) is 3.31. The van der Waals surface area contributed by atoms with Gasteiger partial charge in [0.05, 0.1) is 11.8 Å². The molecule has 1 saturated heterocycles. The molecule has 0 spiro atoms. The molecule has 2 aromatic heterocycles. The zero-order valence-electron chi connectivity index (χ0n) is 14.3. The molecule has 1 N–H and O–H groups in total. The fraction of sp³-hybridized carbons (Fsp3) is 0.579. The zero-order valence-corrected chi connectivity index (χ0v) is 14.3. The summed E-state index contributed by atoms with van der Waals surface area (Å²) < 4.78 is 2.38. The molecule has 2 aromatic rings. The van der Waals surface area contributed by atoms with Gasteiger partial charge in [-0.05, 0) is 50.7 Å². The molecule has 1 atom stereocenters. The number of aromatic nitrogens is 3. The van der Waals surface area contributed by atoms with Crippen LogP contribution in [-0.4, -0.2) is 32.7 Å². The van der Waals surface area contributed by atoms with Crippen molar-refractivity contribution in [2.45, 2.75) is 51.2 Å². The lowest BCUT2D eigenvalue weighted by atomic mass is 9.95. The Balaban J connectivity index is 1.41. The van der Waals surface area contributed by atoms with Gasteiger partial charge in [0.1, 0.15) is 11.6 Å². The number of piperidine rings is 1. The van der Waals surface area contributed by atoms with Crippen LogP contribution in [0.15, 0.2) is 30.6 Å². The van der Waals surface area contributed by atoms with Gasteiger partial charge in [-0.25, -0.2) is 9.97 Å². The first-order valence-electron chi connectivity index (χ1n) is 9.11. The van der Waals surface area contributed by atoms with Gasteiger partial charge in [-0.2, -0.15) is 0 Å². The van der Waals surface area contributed by atoms with Crippen molar-refractivity contribution >= 4 is 5.82 Å². The lowest BCUT2D eigenvalue weighted by molar-refractivity contribution is 0.194. The number of imidazole rings is 1. The monoisotopic (exact) mass is 326 g/mol. The summed E-state index contributed by atoms with van der Waals surface area (Å²) in [5, 5.41) is 9.73. The van der Waals surface area contributed by atoms with Gasteiger partial charge in [-0.15, -0.1) is 0 Å². The molecule has 0 radical (unpaired) electrons. The van der Waals surface area contributed by atoms with Crippen molar-refractivity contribution in [2.24, 2.45) is 5.92 Å². The van der Waals surface area contributed by atoms with Crippen molar-refractivity contribution in [3.63, 3.8) is 0 Å². The Morgan fingerprint density at radius 3 is 2.71 bits per heavy atom. The minimum atomic E-state index is -0.516. The molecule has 1 aliphatic heterocycles. The van der Waals surface area contributed by atoms with Crippen molar-refractivity contribution in [1.29, 1.82) is 0 Å². The molecule has 3 heterocycles. The summed E-state index contributed by atoms with van der Waals surface area (Å²) in [7, 11) is 0. The molecule has 24 heavy (non-hydrogen) atoms. The molecule has 5 nitrogen and oxygen atoms in total. The van der Waals surface area contributed by atoms with E-state index in [1.165, 1.54) is 18.7 Å². The molecular formula is C19H26N4O. The number of nitrogens with zero attached hydrogens (tertiary/aromatic N) is 4. The van der Waals surface area contributed by atoms with Crippen LogP contribution >= 0.6 is 0 Å². The van der Waals surface area contributed by atoms with Crippen LogP contribution in [0.5, 0.6) is 0 Å². The van der Waals surface area contributed by atoms with Gasteiger partial charge in [-0.3, -0.25) is 0 Å². The second-order valence-corrected chi connectivity index (χ2v) is 7.24. The van der Waals surface area contributed by atoms with Crippen LogP contribution in [0.2, 0.25) is 0 Å².